The molecule has 4 nitrogen and oxygen atoms in total. The fraction of sp³-hybridized carbons (Fsp3) is 0.938. The molecule has 0 fully saturated rings. The second-order valence-corrected chi connectivity index (χ2v) is 6.56. The van der Waals surface area contributed by atoms with E-state index in [-0.39, 0.29) is 0 Å². The van der Waals surface area contributed by atoms with Crippen molar-refractivity contribution in [2.45, 2.75) is 83.4 Å². The Kier molecular flexibility index (Phi) is 14.5. The van der Waals surface area contributed by atoms with Gasteiger partial charge in [-0.25, -0.2) is 0 Å². The van der Waals surface area contributed by atoms with Crippen molar-refractivity contribution in [3.05, 3.63) is 0 Å². The third-order valence-electron chi connectivity index (χ3n) is 3.61. The Balaban J connectivity index is 3.48. The number of aliphatic carboxylic acids is 1. The summed E-state index contributed by atoms with van der Waals surface area (Å²) in [7, 11) is 0. The Labute approximate surface area is 134 Å². The first kappa shape index (κ1) is 20.7. The molecular weight excluding hydrogens is 286 g/mol. The van der Waals surface area contributed by atoms with Crippen LogP contribution in [0.2, 0.25) is 0 Å². The lowest BCUT2D eigenvalue weighted by Gasteiger charge is -2.18. The van der Waals surface area contributed by atoms with E-state index in [4.69, 9.17) is 5.11 Å². The average molecular weight is 320 g/mol. The molecule has 0 aliphatic rings. The van der Waals surface area contributed by atoms with Gasteiger partial charge in [0.05, 0.1) is 0 Å². The Morgan fingerprint density at radius 2 is 1.57 bits per heavy atom. The van der Waals surface area contributed by atoms with Crippen LogP contribution in [0.5, 0.6) is 0 Å². The average Bonchev–Trinajstić information content (AvgIpc) is 2.45. The highest BCUT2D eigenvalue weighted by atomic mass is 32.2. The van der Waals surface area contributed by atoms with Crippen molar-refractivity contribution in [1.29, 1.82) is 0 Å². The molecule has 0 bridgehead atoms. The van der Waals surface area contributed by atoms with Gasteiger partial charge in [0.15, 0.2) is 0 Å². The van der Waals surface area contributed by atoms with Crippen LogP contribution in [0.15, 0.2) is 0 Å². The van der Waals surface area contributed by atoms with Crippen molar-refractivity contribution in [2.24, 2.45) is 0 Å². The minimum atomic E-state index is -0.893. The first-order valence-corrected chi connectivity index (χ1v) is 9.67. The Morgan fingerprint density at radius 3 is 2.05 bits per heavy atom. The highest BCUT2D eigenvalue weighted by Crippen LogP contribution is 2.11. The first-order chi connectivity index (χ1) is 10.1. The molecule has 2 atom stereocenters. The number of carboxylic acid groups (broad SMARTS) is 1. The van der Waals surface area contributed by atoms with Gasteiger partial charge in [0.2, 0.25) is 0 Å². The number of thioether (sulfide) groups is 1. The molecule has 21 heavy (non-hydrogen) atoms. The van der Waals surface area contributed by atoms with Gasteiger partial charge >= 0.3 is 5.97 Å². The molecule has 0 aromatic rings. The minimum absolute atomic E-state index is 0.476. The van der Waals surface area contributed by atoms with Crippen LogP contribution in [0.4, 0.5) is 0 Å². The predicted molar refractivity (Wildman–Crippen MR) is 90.8 cm³/mol. The van der Waals surface area contributed by atoms with E-state index in [0.717, 1.165) is 12.8 Å². The van der Waals surface area contributed by atoms with Crippen LogP contribution < -0.4 is 5.32 Å². The van der Waals surface area contributed by atoms with E-state index in [2.05, 4.69) is 12.2 Å². The lowest BCUT2D eigenvalue weighted by molar-refractivity contribution is -0.139. The molecule has 0 heterocycles. The van der Waals surface area contributed by atoms with E-state index in [1.165, 1.54) is 56.7 Å². The molecule has 2 unspecified atom stereocenters. The third-order valence-corrected chi connectivity index (χ3v) is 4.27. The highest BCUT2D eigenvalue weighted by Gasteiger charge is 2.19. The lowest BCUT2D eigenvalue weighted by atomic mass is 10.1. The van der Waals surface area contributed by atoms with Gasteiger partial charge in [-0.2, -0.15) is 11.8 Å². The summed E-state index contributed by atoms with van der Waals surface area (Å²) in [4.78, 5) is 11.0. The standard InChI is InChI=1S/C16H33NO3S/c1-3-4-5-6-7-8-9-10-11-12-15(18)17-14(13-21-2)16(19)20/h14-15,17-18H,3-13H2,1-2H3,(H,19,20). The van der Waals surface area contributed by atoms with Gasteiger partial charge in [-0.3, -0.25) is 10.1 Å². The van der Waals surface area contributed by atoms with Gasteiger partial charge in [-0.05, 0) is 19.1 Å². The van der Waals surface area contributed by atoms with Gasteiger partial charge in [-0.15, -0.1) is 0 Å². The minimum Gasteiger partial charge on any atom is -0.480 e. The molecule has 0 saturated heterocycles. The Hall–Kier alpha value is -0.260. The summed E-state index contributed by atoms with van der Waals surface area (Å²) in [5.74, 6) is -0.417. The van der Waals surface area contributed by atoms with Crippen molar-refractivity contribution in [3.63, 3.8) is 0 Å². The molecule has 5 heteroatoms. The summed E-state index contributed by atoms with van der Waals surface area (Å²) < 4.78 is 0. The summed E-state index contributed by atoms with van der Waals surface area (Å²) in [5, 5.41) is 21.6. The second-order valence-electron chi connectivity index (χ2n) is 5.65. The maximum absolute atomic E-state index is 11.0. The van der Waals surface area contributed by atoms with E-state index in [9.17, 15) is 9.90 Å². The molecule has 0 aromatic heterocycles. The molecule has 3 N–H and O–H groups in total. The number of hydrogen-bond acceptors (Lipinski definition) is 4. The zero-order valence-electron chi connectivity index (χ0n) is 13.6. The van der Waals surface area contributed by atoms with Gasteiger partial charge in [0.1, 0.15) is 12.3 Å². The van der Waals surface area contributed by atoms with Crippen LogP contribution >= 0.6 is 11.8 Å². The predicted octanol–water partition coefficient (Wildman–Crippen LogP) is 3.63. The summed E-state index contributed by atoms with van der Waals surface area (Å²) in [5.41, 5.74) is 0. The molecule has 0 radical (unpaired) electrons. The third kappa shape index (κ3) is 13.1. The summed E-state index contributed by atoms with van der Waals surface area (Å²) in [6, 6.07) is -0.659. The number of hydrogen-bond donors (Lipinski definition) is 3. The fourth-order valence-corrected chi connectivity index (χ4v) is 2.89. The van der Waals surface area contributed by atoms with Crippen molar-refractivity contribution >= 4 is 17.7 Å². The topological polar surface area (TPSA) is 69.6 Å². The van der Waals surface area contributed by atoms with E-state index in [1.54, 1.807) is 0 Å². The van der Waals surface area contributed by atoms with Crippen molar-refractivity contribution in [1.82, 2.24) is 5.32 Å². The second kappa shape index (κ2) is 14.7. The molecule has 0 aliphatic heterocycles. The molecule has 0 aromatic carbocycles. The molecule has 0 rings (SSSR count). The molecule has 0 amide bonds. The van der Waals surface area contributed by atoms with Crippen LogP contribution in [0.1, 0.15) is 71.1 Å². The normalized spacial score (nSPS) is 14.0. The number of rotatable bonds is 15. The summed E-state index contributed by atoms with van der Waals surface area (Å²) >= 11 is 1.47. The Morgan fingerprint density at radius 1 is 1.05 bits per heavy atom. The zero-order valence-corrected chi connectivity index (χ0v) is 14.5. The summed E-state index contributed by atoms with van der Waals surface area (Å²) in [6.07, 6.45) is 13.0. The highest BCUT2D eigenvalue weighted by molar-refractivity contribution is 7.98. The van der Waals surface area contributed by atoms with Gasteiger partial charge < -0.3 is 10.2 Å². The van der Waals surface area contributed by atoms with E-state index in [1.807, 2.05) is 6.26 Å². The van der Waals surface area contributed by atoms with Crippen LogP contribution in [0.25, 0.3) is 0 Å². The SMILES string of the molecule is CCCCCCCCCCCC(O)NC(CSC)C(=O)O. The maximum atomic E-state index is 11.0. The molecule has 0 spiro atoms. The number of aliphatic hydroxyl groups excluding tert-OH is 1. The van der Waals surface area contributed by atoms with Crippen LogP contribution in [0.3, 0.4) is 0 Å². The van der Waals surface area contributed by atoms with Gasteiger partial charge in [0.25, 0.3) is 0 Å². The number of aliphatic hydroxyl groups is 1. The lowest BCUT2D eigenvalue weighted by Crippen LogP contribution is -2.44. The molecular formula is C16H33NO3S. The van der Waals surface area contributed by atoms with Crippen LogP contribution in [0, 0.1) is 0 Å². The monoisotopic (exact) mass is 319 g/mol. The van der Waals surface area contributed by atoms with E-state index >= 15 is 0 Å². The smallest absolute Gasteiger partial charge is 0.321 e. The number of carbonyl (C=O) groups is 1. The quantitative estimate of drug-likeness (QED) is 0.318. The Bertz CT molecular complexity index is 252. The summed E-state index contributed by atoms with van der Waals surface area (Å²) in [6.45, 7) is 2.23. The largest absolute Gasteiger partial charge is 0.480 e. The van der Waals surface area contributed by atoms with Crippen LogP contribution in [-0.2, 0) is 4.79 Å². The molecule has 0 aliphatic carbocycles. The van der Waals surface area contributed by atoms with Crippen LogP contribution in [-0.4, -0.2) is 40.5 Å². The molecule has 0 saturated carbocycles. The maximum Gasteiger partial charge on any atom is 0.321 e. The number of unbranched alkanes of at least 4 members (excludes halogenated alkanes) is 8. The fourth-order valence-electron chi connectivity index (χ4n) is 2.32. The van der Waals surface area contributed by atoms with Crippen molar-refractivity contribution in [2.75, 3.05) is 12.0 Å². The van der Waals surface area contributed by atoms with Gasteiger partial charge in [-0.1, -0.05) is 58.3 Å². The first-order valence-electron chi connectivity index (χ1n) is 8.27. The van der Waals surface area contributed by atoms with E-state index in [0.29, 0.717) is 12.2 Å². The van der Waals surface area contributed by atoms with Gasteiger partial charge in [0, 0.05) is 5.75 Å². The molecule has 126 valence electrons. The van der Waals surface area contributed by atoms with Crippen molar-refractivity contribution < 1.29 is 15.0 Å². The zero-order chi connectivity index (χ0) is 15.9. The number of nitrogens with one attached hydrogen (secondary N) is 1. The van der Waals surface area contributed by atoms with Crippen molar-refractivity contribution in [3.8, 4) is 0 Å². The van der Waals surface area contributed by atoms with E-state index < -0.39 is 18.2 Å². The number of carboxylic acids is 1.